The molecule has 0 saturated heterocycles. The minimum atomic E-state index is -0.803. The van der Waals surface area contributed by atoms with Crippen molar-refractivity contribution in [3.05, 3.63) is 0 Å². The van der Waals surface area contributed by atoms with Gasteiger partial charge in [0, 0.05) is 0 Å². The highest BCUT2D eigenvalue weighted by Crippen LogP contribution is 2.13. The lowest BCUT2D eigenvalue weighted by atomic mass is 10.3. The molecule has 0 aromatic heterocycles. The van der Waals surface area contributed by atoms with Crippen molar-refractivity contribution in [3.8, 4) is 5.40 Å². The molecule has 7 heteroatoms. The number of thioether (sulfide) groups is 1. The number of amidine groups is 1. The van der Waals surface area contributed by atoms with E-state index in [2.05, 4.69) is 9.98 Å². The lowest BCUT2D eigenvalue weighted by molar-refractivity contribution is -0.116. The Hall–Kier alpha value is -1.55. The number of hydrogen-bond donors (Lipinski definition) is 2. The Morgan fingerprint density at radius 1 is 1.50 bits per heavy atom. The zero-order valence-electron chi connectivity index (χ0n) is 5.89. The molecule has 1 unspecified atom stereocenters. The number of amides is 1. The van der Waals surface area contributed by atoms with E-state index in [0.717, 1.165) is 0 Å². The lowest BCUT2D eigenvalue weighted by Gasteiger charge is -2.11. The fourth-order valence-electron chi connectivity index (χ4n) is 0.677. The van der Waals surface area contributed by atoms with Crippen molar-refractivity contribution in [3.63, 3.8) is 0 Å². The Labute approximate surface area is 72.3 Å². The number of rotatable bonds is 1. The van der Waals surface area contributed by atoms with Crippen molar-refractivity contribution in [1.82, 2.24) is 0 Å². The first-order valence-corrected chi connectivity index (χ1v) is 3.80. The summed E-state index contributed by atoms with van der Waals surface area (Å²) in [4.78, 5) is 17.9. The summed E-state index contributed by atoms with van der Waals surface area (Å²) in [5.41, 5.74) is 10.5. The second kappa shape index (κ2) is 3.23. The molecule has 1 rings (SSSR count). The molecule has 0 bridgehead atoms. The van der Waals surface area contributed by atoms with E-state index in [1.807, 2.05) is 0 Å². The van der Waals surface area contributed by atoms with E-state index < -0.39 is 11.2 Å². The third kappa shape index (κ3) is 1.54. The molecule has 0 radical (unpaired) electrons. The van der Waals surface area contributed by atoms with Crippen LogP contribution >= 0.6 is 11.8 Å². The van der Waals surface area contributed by atoms with Crippen LogP contribution in [0.3, 0.4) is 0 Å². The molecule has 1 aliphatic heterocycles. The molecule has 4 N–H and O–H groups in total. The molecule has 0 aliphatic carbocycles. The summed E-state index contributed by atoms with van der Waals surface area (Å²) in [6.07, 6.45) is 0. The summed E-state index contributed by atoms with van der Waals surface area (Å²) in [7, 11) is 0. The molecule has 1 amide bonds. The van der Waals surface area contributed by atoms with E-state index in [-0.39, 0.29) is 11.8 Å². The maximum Gasteiger partial charge on any atom is 0.270 e. The SMILES string of the molecule is N#CSC1C(=O)N=C(N)N=C1N. The van der Waals surface area contributed by atoms with Gasteiger partial charge in [0.05, 0.1) is 0 Å². The van der Waals surface area contributed by atoms with Crippen molar-refractivity contribution in [2.45, 2.75) is 5.25 Å². The van der Waals surface area contributed by atoms with E-state index in [1.54, 1.807) is 5.40 Å². The normalized spacial score (nSPS) is 22.6. The molecule has 1 aliphatic rings. The molecule has 0 fully saturated rings. The molecule has 0 saturated carbocycles. The van der Waals surface area contributed by atoms with Crippen LogP contribution in [0.25, 0.3) is 0 Å². The van der Waals surface area contributed by atoms with Gasteiger partial charge in [-0.3, -0.25) is 4.79 Å². The minimum Gasteiger partial charge on any atom is -0.386 e. The topological polar surface area (TPSA) is 118 Å². The highest BCUT2D eigenvalue weighted by Gasteiger charge is 2.26. The first-order chi connectivity index (χ1) is 5.65. The van der Waals surface area contributed by atoms with E-state index >= 15 is 0 Å². The van der Waals surface area contributed by atoms with Crippen LogP contribution < -0.4 is 11.5 Å². The lowest BCUT2D eigenvalue weighted by Crippen LogP contribution is -2.38. The number of carbonyl (C=O) groups excluding carboxylic acids is 1. The highest BCUT2D eigenvalue weighted by molar-refractivity contribution is 8.05. The van der Waals surface area contributed by atoms with Gasteiger partial charge < -0.3 is 11.5 Å². The molecule has 6 nitrogen and oxygen atoms in total. The Kier molecular flexibility index (Phi) is 2.30. The summed E-state index contributed by atoms with van der Waals surface area (Å²) in [5, 5.41) is 9.22. The van der Waals surface area contributed by atoms with Crippen LogP contribution in [0.1, 0.15) is 0 Å². The monoisotopic (exact) mass is 183 g/mol. The summed E-state index contributed by atoms with van der Waals surface area (Å²) in [6.45, 7) is 0. The van der Waals surface area contributed by atoms with Gasteiger partial charge >= 0.3 is 0 Å². The van der Waals surface area contributed by atoms with Gasteiger partial charge in [-0.25, -0.2) is 0 Å². The number of guanidine groups is 1. The molecule has 1 heterocycles. The van der Waals surface area contributed by atoms with Gasteiger partial charge in [-0.1, -0.05) is 0 Å². The van der Waals surface area contributed by atoms with E-state index in [9.17, 15) is 4.79 Å². The van der Waals surface area contributed by atoms with Gasteiger partial charge in [-0.15, -0.1) is 0 Å². The second-order valence-corrected chi connectivity index (χ2v) is 2.82. The van der Waals surface area contributed by atoms with Gasteiger partial charge in [0.25, 0.3) is 5.91 Å². The Morgan fingerprint density at radius 3 is 2.67 bits per heavy atom. The summed E-state index contributed by atoms with van der Waals surface area (Å²) in [6, 6.07) is 0. The van der Waals surface area contributed by atoms with Crippen LogP contribution in [-0.4, -0.2) is 23.0 Å². The Bertz CT molecular complexity index is 314. The number of thiocyanates is 1. The second-order valence-electron chi connectivity index (χ2n) is 1.93. The van der Waals surface area contributed by atoms with Gasteiger partial charge in [0.2, 0.25) is 5.96 Å². The summed E-state index contributed by atoms with van der Waals surface area (Å²) in [5.74, 6) is -0.669. The molecular formula is C5H5N5OS. The predicted octanol–water partition coefficient (Wildman–Crippen LogP) is -1.22. The molecule has 12 heavy (non-hydrogen) atoms. The number of hydrogen-bond acceptors (Lipinski definition) is 6. The fraction of sp³-hybridized carbons (Fsp3) is 0.200. The van der Waals surface area contributed by atoms with Gasteiger partial charge in [0.15, 0.2) is 5.25 Å². The number of aliphatic imine (C=N–C) groups is 2. The zero-order valence-corrected chi connectivity index (χ0v) is 6.71. The molecular weight excluding hydrogens is 178 g/mol. The summed E-state index contributed by atoms with van der Waals surface area (Å²) < 4.78 is 0. The average Bonchev–Trinajstić information content (AvgIpc) is 1.96. The quantitative estimate of drug-likeness (QED) is 0.494. The molecule has 0 spiro atoms. The van der Waals surface area contributed by atoms with E-state index in [4.69, 9.17) is 16.7 Å². The average molecular weight is 183 g/mol. The highest BCUT2D eigenvalue weighted by atomic mass is 32.2. The van der Waals surface area contributed by atoms with Crippen LogP contribution in [0, 0.1) is 10.7 Å². The zero-order chi connectivity index (χ0) is 9.14. The Balaban J connectivity index is 2.89. The van der Waals surface area contributed by atoms with Crippen molar-refractivity contribution in [2.24, 2.45) is 21.5 Å². The van der Waals surface area contributed by atoms with Crippen molar-refractivity contribution in [2.75, 3.05) is 0 Å². The van der Waals surface area contributed by atoms with E-state index in [1.165, 1.54) is 0 Å². The molecule has 62 valence electrons. The number of nitriles is 1. The van der Waals surface area contributed by atoms with Crippen LogP contribution in [0.2, 0.25) is 0 Å². The molecule has 1 atom stereocenters. The fourth-order valence-corrected chi connectivity index (χ4v) is 1.11. The third-order valence-corrected chi connectivity index (χ3v) is 1.92. The molecule has 0 aromatic carbocycles. The number of nitrogens with two attached hydrogens (primary N) is 2. The van der Waals surface area contributed by atoms with Gasteiger partial charge in [0.1, 0.15) is 11.2 Å². The van der Waals surface area contributed by atoms with Gasteiger partial charge in [-0.05, 0) is 11.8 Å². The van der Waals surface area contributed by atoms with E-state index in [0.29, 0.717) is 11.8 Å². The van der Waals surface area contributed by atoms with Gasteiger partial charge in [-0.2, -0.15) is 15.2 Å². The summed E-state index contributed by atoms with van der Waals surface area (Å²) >= 11 is 0.708. The number of nitrogens with zero attached hydrogens (tertiary/aromatic N) is 3. The first-order valence-electron chi connectivity index (χ1n) is 2.92. The van der Waals surface area contributed by atoms with Crippen molar-refractivity contribution >= 4 is 29.5 Å². The van der Waals surface area contributed by atoms with Crippen LogP contribution in [0.5, 0.6) is 0 Å². The maximum absolute atomic E-state index is 11.0. The minimum absolute atomic E-state index is 0.0269. The first kappa shape index (κ1) is 8.55. The van der Waals surface area contributed by atoms with Crippen LogP contribution in [-0.2, 0) is 4.79 Å². The predicted molar refractivity (Wildman–Crippen MR) is 45.2 cm³/mol. The van der Waals surface area contributed by atoms with Crippen molar-refractivity contribution < 1.29 is 4.79 Å². The van der Waals surface area contributed by atoms with Crippen LogP contribution in [0.15, 0.2) is 9.98 Å². The maximum atomic E-state index is 11.0. The van der Waals surface area contributed by atoms with Crippen molar-refractivity contribution in [1.29, 1.82) is 5.26 Å². The largest absolute Gasteiger partial charge is 0.386 e. The Morgan fingerprint density at radius 2 is 2.17 bits per heavy atom. The number of carbonyl (C=O) groups is 1. The third-order valence-electron chi connectivity index (χ3n) is 1.13. The standard InChI is InChI=1S/C5H5N5OS/c6-1-12-2-3(7)9-5(8)10-4(2)11/h2H,(H4,7,8,9,10,11). The smallest absolute Gasteiger partial charge is 0.270 e. The van der Waals surface area contributed by atoms with Crippen LogP contribution in [0.4, 0.5) is 0 Å². The molecule has 0 aromatic rings.